The molecule has 1 rings (SSSR count). The van der Waals surface area contributed by atoms with Crippen LogP contribution in [-0.2, 0) is 6.42 Å². The number of nitrogens with one attached hydrogen (secondary N) is 1. The molecule has 0 spiro atoms. The molecule has 1 unspecified atom stereocenters. The zero-order valence-corrected chi connectivity index (χ0v) is 10.6. The van der Waals surface area contributed by atoms with Crippen molar-refractivity contribution in [2.24, 2.45) is 0 Å². The lowest BCUT2D eigenvalue weighted by molar-refractivity contribution is 0.555. The van der Waals surface area contributed by atoms with Gasteiger partial charge in [0.05, 0.1) is 5.38 Å². The number of anilines is 1. The largest absolute Gasteiger partial charge is 0.379 e. The molecule has 3 heteroatoms. The number of aromatic nitrogens is 1. The monoisotopic (exact) mass is 226 g/mol. The second kappa shape index (κ2) is 4.84. The number of pyridine rings is 1. The van der Waals surface area contributed by atoms with E-state index in [0.29, 0.717) is 0 Å². The molecule has 15 heavy (non-hydrogen) atoms. The summed E-state index contributed by atoms with van der Waals surface area (Å²) in [6.45, 7) is 8.28. The fraction of sp³-hybridized carbons (Fsp3) is 0.583. The van der Waals surface area contributed by atoms with Crippen LogP contribution < -0.4 is 5.32 Å². The second-order valence-corrected chi connectivity index (χ2v) is 5.01. The van der Waals surface area contributed by atoms with Crippen LogP contribution in [0, 0.1) is 0 Å². The highest BCUT2D eigenvalue weighted by atomic mass is 35.5. The van der Waals surface area contributed by atoms with Crippen LogP contribution in [0.3, 0.4) is 0 Å². The Labute approximate surface area is 97.1 Å². The first-order valence-electron chi connectivity index (χ1n) is 5.33. The van der Waals surface area contributed by atoms with Gasteiger partial charge in [-0.15, -0.1) is 11.6 Å². The number of nitrogens with zero attached hydrogens (tertiary/aromatic N) is 1. The molecule has 1 aromatic heterocycles. The number of alkyl halides is 1. The lowest BCUT2D eigenvalue weighted by Crippen LogP contribution is -2.38. The summed E-state index contributed by atoms with van der Waals surface area (Å²) in [5.41, 5.74) is 2.06. The lowest BCUT2D eigenvalue weighted by atomic mass is 10.0. The SMILES string of the molecule is CCc1cc(NC(C)(C)C(C)Cl)ccn1. The van der Waals surface area contributed by atoms with Gasteiger partial charge in [-0.2, -0.15) is 0 Å². The van der Waals surface area contributed by atoms with Gasteiger partial charge in [-0.25, -0.2) is 0 Å². The van der Waals surface area contributed by atoms with Crippen LogP contribution in [0.15, 0.2) is 18.3 Å². The van der Waals surface area contributed by atoms with Gasteiger partial charge in [-0.05, 0) is 39.3 Å². The molecular weight excluding hydrogens is 208 g/mol. The minimum Gasteiger partial charge on any atom is -0.379 e. The van der Waals surface area contributed by atoms with Crippen molar-refractivity contribution in [3.63, 3.8) is 0 Å². The van der Waals surface area contributed by atoms with Crippen LogP contribution >= 0.6 is 11.6 Å². The molecule has 0 aliphatic heterocycles. The van der Waals surface area contributed by atoms with E-state index in [2.05, 4.69) is 37.1 Å². The molecular formula is C12H19ClN2. The topological polar surface area (TPSA) is 24.9 Å². The molecule has 1 aromatic rings. The zero-order valence-electron chi connectivity index (χ0n) is 9.84. The van der Waals surface area contributed by atoms with Crippen LogP contribution in [0.5, 0.6) is 0 Å². The van der Waals surface area contributed by atoms with Crippen molar-refractivity contribution in [1.82, 2.24) is 4.98 Å². The number of aryl methyl sites for hydroxylation is 1. The quantitative estimate of drug-likeness (QED) is 0.796. The first-order valence-corrected chi connectivity index (χ1v) is 5.76. The smallest absolute Gasteiger partial charge is 0.0532 e. The van der Waals surface area contributed by atoms with E-state index < -0.39 is 0 Å². The molecule has 84 valence electrons. The van der Waals surface area contributed by atoms with Gasteiger partial charge in [0.15, 0.2) is 0 Å². The van der Waals surface area contributed by atoms with E-state index >= 15 is 0 Å². The summed E-state index contributed by atoms with van der Waals surface area (Å²) in [6, 6.07) is 4.04. The standard InChI is InChI=1S/C12H19ClN2/c1-5-10-8-11(6-7-14-10)15-12(3,4)9(2)13/h6-9H,5H2,1-4H3,(H,14,15). The maximum atomic E-state index is 6.11. The Morgan fingerprint density at radius 3 is 2.73 bits per heavy atom. The summed E-state index contributed by atoms with van der Waals surface area (Å²) >= 11 is 6.11. The molecule has 1 heterocycles. The van der Waals surface area contributed by atoms with Gasteiger partial charge in [-0.1, -0.05) is 6.92 Å². The van der Waals surface area contributed by atoms with Crippen molar-refractivity contribution in [2.45, 2.75) is 45.0 Å². The number of hydrogen-bond donors (Lipinski definition) is 1. The molecule has 0 amide bonds. The highest BCUT2D eigenvalue weighted by Gasteiger charge is 2.23. The molecule has 0 aliphatic carbocycles. The maximum absolute atomic E-state index is 6.11. The Morgan fingerprint density at radius 2 is 2.20 bits per heavy atom. The molecule has 0 fully saturated rings. The van der Waals surface area contributed by atoms with E-state index in [0.717, 1.165) is 17.8 Å². The first kappa shape index (κ1) is 12.3. The summed E-state index contributed by atoms with van der Waals surface area (Å²) < 4.78 is 0. The molecule has 0 bridgehead atoms. The number of rotatable bonds is 4. The Morgan fingerprint density at radius 1 is 1.53 bits per heavy atom. The van der Waals surface area contributed by atoms with Crippen molar-refractivity contribution in [2.75, 3.05) is 5.32 Å². The average Bonchev–Trinajstić information content (AvgIpc) is 2.17. The van der Waals surface area contributed by atoms with Gasteiger partial charge < -0.3 is 5.32 Å². The lowest BCUT2D eigenvalue weighted by Gasteiger charge is -2.30. The highest BCUT2D eigenvalue weighted by Crippen LogP contribution is 2.21. The van der Waals surface area contributed by atoms with Crippen LogP contribution in [0.2, 0.25) is 0 Å². The molecule has 2 nitrogen and oxygen atoms in total. The van der Waals surface area contributed by atoms with Crippen molar-refractivity contribution in [3.8, 4) is 0 Å². The summed E-state index contributed by atoms with van der Waals surface area (Å²) in [4.78, 5) is 4.26. The Balaban J connectivity index is 2.80. The van der Waals surface area contributed by atoms with Gasteiger partial charge >= 0.3 is 0 Å². The Hall–Kier alpha value is -0.760. The molecule has 0 aromatic carbocycles. The van der Waals surface area contributed by atoms with E-state index in [1.807, 2.05) is 19.2 Å². The Bertz CT molecular complexity index is 321. The number of hydrogen-bond acceptors (Lipinski definition) is 2. The van der Waals surface area contributed by atoms with Gasteiger partial charge in [-0.3, -0.25) is 4.98 Å². The van der Waals surface area contributed by atoms with Crippen LogP contribution in [-0.4, -0.2) is 15.9 Å². The van der Waals surface area contributed by atoms with Gasteiger partial charge in [0, 0.05) is 23.1 Å². The van der Waals surface area contributed by atoms with E-state index in [1.54, 1.807) is 0 Å². The third-order valence-corrected chi connectivity index (χ3v) is 3.19. The van der Waals surface area contributed by atoms with Gasteiger partial charge in [0.25, 0.3) is 0 Å². The maximum Gasteiger partial charge on any atom is 0.0532 e. The van der Waals surface area contributed by atoms with Gasteiger partial charge in [0.1, 0.15) is 0 Å². The minimum atomic E-state index is -0.117. The molecule has 0 aliphatic rings. The van der Waals surface area contributed by atoms with Gasteiger partial charge in [0.2, 0.25) is 0 Å². The van der Waals surface area contributed by atoms with E-state index in [-0.39, 0.29) is 10.9 Å². The molecule has 0 saturated carbocycles. The predicted molar refractivity (Wildman–Crippen MR) is 66.6 cm³/mol. The fourth-order valence-electron chi connectivity index (χ4n) is 1.22. The van der Waals surface area contributed by atoms with E-state index in [9.17, 15) is 0 Å². The zero-order chi connectivity index (χ0) is 11.5. The molecule has 1 N–H and O–H groups in total. The highest BCUT2D eigenvalue weighted by molar-refractivity contribution is 6.21. The first-order chi connectivity index (χ1) is 6.95. The predicted octanol–water partition coefficient (Wildman–Crippen LogP) is 3.46. The Kier molecular flexibility index (Phi) is 3.97. The summed E-state index contributed by atoms with van der Waals surface area (Å²) in [7, 11) is 0. The van der Waals surface area contributed by atoms with Crippen LogP contribution in [0.1, 0.15) is 33.4 Å². The molecule has 1 atom stereocenters. The van der Waals surface area contributed by atoms with E-state index in [4.69, 9.17) is 11.6 Å². The summed E-state index contributed by atoms with van der Waals surface area (Å²) in [5.74, 6) is 0. The van der Waals surface area contributed by atoms with Crippen molar-refractivity contribution in [1.29, 1.82) is 0 Å². The van der Waals surface area contributed by atoms with Crippen molar-refractivity contribution in [3.05, 3.63) is 24.0 Å². The van der Waals surface area contributed by atoms with Crippen molar-refractivity contribution < 1.29 is 0 Å². The molecule has 0 radical (unpaired) electrons. The number of halogens is 1. The van der Waals surface area contributed by atoms with Crippen LogP contribution in [0.25, 0.3) is 0 Å². The normalized spacial score (nSPS) is 13.7. The summed E-state index contributed by atoms with van der Waals surface area (Å²) in [5, 5.41) is 3.49. The summed E-state index contributed by atoms with van der Waals surface area (Å²) in [6.07, 6.45) is 2.78. The minimum absolute atomic E-state index is 0.0655. The van der Waals surface area contributed by atoms with E-state index in [1.165, 1.54) is 0 Å². The third kappa shape index (κ3) is 3.38. The van der Waals surface area contributed by atoms with Crippen LogP contribution in [0.4, 0.5) is 5.69 Å². The fourth-order valence-corrected chi connectivity index (χ4v) is 1.28. The average molecular weight is 227 g/mol. The van der Waals surface area contributed by atoms with Crippen molar-refractivity contribution >= 4 is 17.3 Å². The second-order valence-electron chi connectivity index (χ2n) is 4.35. The molecule has 0 saturated heterocycles. The third-order valence-electron chi connectivity index (χ3n) is 2.64.